The minimum atomic E-state index is -0.0655. The van der Waals surface area contributed by atoms with E-state index in [4.69, 9.17) is 0 Å². The molecule has 1 saturated carbocycles. The van der Waals surface area contributed by atoms with Gasteiger partial charge in [-0.25, -0.2) is 0 Å². The minimum Gasteiger partial charge on any atom is -0.310 e. The third-order valence-electron chi connectivity index (χ3n) is 11.0. The fourth-order valence-corrected chi connectivity index (χ4v) is 8.56. The molecule has 0 saturated heterocycles. The van der Waals surface area contributed by atoms with Crippen LogP contribution in [0.25, 0.3) is 38.6 Å². The van der Waals surface area contributed by atoms with Gasteiger partial charge in [-0.3, -0.25) is 0 Å². The van der Waals surface area contributed by atoms with E-state index in [9.17, 15) is 0 Å². The standard InChI is InChI=1S/C45H40N2/c1-45(2)41-21-13-12-20-37(41)38-26-23-35(29-42(38)45)46(33-16-8-4-9-17-33)36-24-27-40-39-25-22-32(31-14-6-3-7-15-31)28-43(39)47(44(40)30-36)34-18-10-5-11-19-34/h4-5,8-13,16-31H,3,6-7,14-15H2,1-2H3. The average molecular weight is 609 g/mol. The number of benzene rings is 6. The Bertz CT molecular complexity index is 2250. The summed E-state index contributed by atoms with van der Waals surface area (Å²) in [7, 11) is 0. The number of para-hydroxylation sites is 2. The first-order valence-corrected chi connectivity index (χ1v) is 17.3. The van der Waals surface area contributed by atoms with E-state index in [0.717, 1.165) is 11.4 Å². The molecule has 0 amide bonds. The molecule has 9 rings (SSSR count). The minimum absolute atomic E-state index is 0.0655. The largest absolute Gasteiger partial charge is 0.310 e. The van der Waals surface area contributed by atoms with Gasteiger partial charge in [-0.15, -0.1) is 0 Å². The van der Waals surface area contributed by atoms with E-state index >= 15 is 0 Å². The van der Waals surface area contributed by atoms with Gasteiger partial charge in [0, 0.05) is 38.9 Å². The number of anilines is 3. The quantitative estimate of drug-likeness (QED) is 0.189. The molecule has 0 spiro atoms. The molecule has 0 aliphatic heterocycles. The summed E-state index contributed by atoms with van der Waals surface area (Å²) in [5, 5.41) is 2.61. The highest BCUT2D eigenvalue weighted by atomic mass is 15.1. The molecule has 2 nitrogen and oxygen atoms in total. The molecule has 0 unspecified atom stereocenters. The van der Waals surface area contributed by atoms with Gasteiger partial charge in [-0.2, -0.15) is 0 Å². The Morgan fingerprint density at radius 2 is 1.15 bits per heavy atom. The Labute approximate surface area is 277 Å². The van der Waals surface area contributed by atoms with Gasteiger partial charge in [0.25, 0.3) is 0 Å². The predicted molar refractivity (Wildman–Crippen MR) is 199 cm³/mol. The molecule has 0 bridgehead atoms. The molecule has 2 heteroatoms. The summed E-state index contributed by atoms with van der Waals surface area (Å²) in [6.45, 7) is 4.72. The summed E-state index contributed by atoms with van der Waals surface area (Å²) < 4.78 is 2.49. The summed E-state index contributed by atoms with van der Waals surface area (Å²) in [4.78, 5) is 2.43. The first kappa shape index (κ1) is 28.2. The molecule has 230 valence electrons. The average Bonchev–Trinajstić information content (AvgIpc) is 3.57. The molecule has 2 aliphatic carbocycles. The van der Waals surface area contributed by atoms with Crippen LogP contribution in [0, 0.1) is 0 Å². The van der Waals surface area contributed by atoms with Crippen molar-refractivity contribution in [2.75, 3.05) is 4.90 Å². The Balaban J connectivity index is 1.25. The van der Waals surface area contributed by atoms with Crippen LogP contribution in [-0.4, -0.2) is 4.57 Å². The van der Waals surface area contributed by atoms with Crippen molar-refractivity contribution >= 4 is 38.9 Å². The fraction of sp³-hybridized carbons (Fsp3) is 0.200. The Morgan fingerprint density at radius 1 is 0.532 bits per heavy atom. The highest BCUT2D eigenvalue weighted by molar-refractivity contribution is 6.10. The van der Waals surface area contributed by atoms with Crippen molar-refractivity contribution < 1.29 is 0 Å². The van der Waals surface area contributed by atoms with Crippen molar-refractivity contribution in [2.45, 2.75) is 57.3 Å². The van der Waals surface area contributed by atoms with Crippen LogP contribution in [0.4, 0.5) is 17.1 Å². The summed E-state index contributed by atoms with van der Waals surface area (Å²) in [6.07, 6.45) is 6.66. The molecule has 6 aromatic carbocycles. The maximum absolute atomic E-state index is 2.49. The van der Waals surface area contributed by atoms with Gasteiger partial charge in [-0.05, 0) is 101 Å². The molecule has 1 aromatic heterocycles. The topological polar surface area (TPSA) is 8.17 Å². The second kappa shape index (κ2) is 11.0. The van der Waals surface area contributed by atoms with Crippen LogP contribution in [0.5, 0.6) is 0 Å². The Morgan fingerprint density at radius 3 is 1.94 bits per heavy atom. The number of fused-ring (bicyclic) bond motifs is 6. The molecule has 0 atom stereocenters. The number of hydrogen-bond donors (Lipinski definition) is 0. The fourth-order valence-electron chi connectivity index (χ4n) is 8.56. The number of hydrogen-bond acceptors (Lipinski definition) is 1. The number of aromatic nitrogens is 1. The van der Waals surface area contributed by atoms with Gasteiger partial charge in [0.15, 0.2) is 0 Å². The Kier molecular flexibility index (Phi) is 6.61. The van der Waals surface area contributed by atoms with Crippen LogP contribution >= 0.6 is 0 Å². The van der Waals surface area contributed by atoms with Gasteiger partial charge >= 0.3 is 0 Å². The van der Waals surface area contributed by atoms with Crippen LogP contribution in [0.2, 0.25) is 0 Å². The normalized spacial score (nSPS) is 15.5. The third kappa shape index (κ3) is 4.53. The molecular formula is C45H40N2. The van der Waals surface area contributed by atoms with Gasteiger partial charge < -0.3 is 9.47 Å². The van der Waals surface area contributed by atoms with Gasteiger partial charge in [0.1, 0.15) is 0 Å². The second-order valence-corrected chi connectivity index (χ2v) is 14.1. The first-order valence-electron chi connectivity index (χ1n) is 17.3. The van der Waals surface area contributed by atoms with E-state index in [1.807, 2.05) is 0 Å². The summed E-state index contributed by atoms with van der Waals surface area (Å²) in [5.74, 6) is 0.662. The van der Waals surface area contributed by atoms with E-state index in [0.29, 0.717) is 5.92 Å². The molecular weight excluding hydrogens is 569 g/mol. The highest BCUT2D eigenvalue weighted by Gasteiger charge is 2.35. The van der Waals surface area contributed by atoms with Crippen molar-refractivity contribution in [3.63, 3.8) is 0 Å². The number of rotatable bonds is 5. The molecule has 47 heavy (non-hydrogen) atoms. The van der Waals surface area contributed by atoms with Crippen molar-refractivity contribution in [3.8, 4) is 16.8 Å². The van der Waals surface area contributed by atoms with Crippen LogP contribution in [0.1, 0.15) is 68.6 Å². The zero-order valence-corrected chi connectivity index (χ0v) is 27.3. The van der Waals surface area contributed by atoms with E-state index in [2.05, 4.69) is 163 Å². The monoisotopic (exact) mass is 608 g/mol. The summed E-state index contributed by atoms with van der Waals surface area (Å²) >= 11 is 0. The lowest BCUT2D eigenvalue weighted by Crippen LogP contribution is -2.16. The highest BCUT2D eigenvalue weighted by Crippen LogP contribution is 2.51. The van der Waals surface area contributed by atoms with Crippen LogP contribution in [0.15, 0.2) is 140 Å². The molecule has 1 heterocycles. The maximum Gasteiger partial charge on any atom is 0.0561 e. The Hall–Kier alpha value is -5.08. The zero-order valence-electron chi connectivity index (χ0n) is 27.3. The molecule has 2 aliphatic rings. The van der Waals surface area contributed by atoms with Gasteiger partial charge in [0.05, 0.1) is 11.0 Å². The van der Waals surface area contributed by atoms with Crippen LogP contribution < -0.4 is 4.90 Å². The van der Waals surface area contributed by atoms with E-state index in [1.165, 1.54) is 93.1 Å². The SMILES string of the molecule is CC1(C)c2ccccc2-c2ccc(N(c3ccccc3)c3ccc4c5ccc(C6CCCCC6)cc5n(-c5ccccc5)c4c3)cc21. The third-order valence-corrected chi connectivity index (χ3v) is 11.0. The van der Waals surface area contributed by atoms with E-state index in [-0.39, 0.29) is 5.41 Å². The lowest BCUT2D eigenvalue weighted by molar-refractivity contribution is 0.444. The molecule has 0 N–H and O–H groups in total. The van der Waals surface area contributed by atoms with Gasteiger partial charge in [-0.1, -0.05) is 118 Å². The smallest absolute Gasteiger partial charge is 0.0561 e. The maximum atomic E-state index is 2.49. The lowest BCUT2D eigenvalue weighted by Gasteiger charge is -2.28. The van der Waals surface area contributed by atoms with Crippen molar-refractivity contribution in [1.82, 2.24) is 4.57 Å². The lowest BCUT2D eigenvalue weighted by atomic mass is 9.82. The number of nitrogens with zero attached hydrogens (tertiary/aromatic N) is 2. The van der Waals surface area contributed by atoms with E-state index < -0.39 is 0 Å². The van der Waals surface area contributed by atoms with Gasteiger partial charge in [0.2, 0.25) is 0 Å². The zero-order chi connectivity index (χ0) is 31.5. The first-order chi connectivity index (χ1) is 23.1. The van der Waals surface area contributed by atoms with Crippen molar-refractivity contribution in [2.24, 2.45) is 0 Å². The second-order valence-electron chi connectivity index (χ2n) is 14.1. The van der Waals surface area contributed by atoms with Crippen molar-refractivity contribution in [3.05, 3.63) is 156 Å². The van der Waals surface area contributed by atoms with E-state index in [1.54, 1.807) is 0 Å². The summed E-state index contributed by atoms with van der Waals surface area (Å²) in [5.41, 5.74) is 14.1. The molecule has 0 radical (unpaired) electrons. The summed E-state index contributed by atoms with van der Waals surface area (Å²) in [6, 6.07) is 52.0. The molecule has 1 fully saturated rings. The van der Waals surface area contributed by atoms with Crippen LogP contribution in [0.3, 0.4) is 0 Å². The molecule has 7 aromatic rings. The van der Waals surface area contributed by atoms with Crippen molar-refractivity contribution in [1.29, 1.82) is 0 Å². The van der Waals surface area contributed by atoms with Crippen LogP contribution in [-0.2, 0) is 5.41 Å². The predicted octanol–water partition coefficient (Wildman–Crippen LogP) is 12.6.